The minimum atomic E-state index is -0.267. The van der Waals surface area contributed by atoms with Gasteiger partial charge >= 0.3 is 0 Å². The van der Waals surface area contributed by atoms with E-state index < -0.39 is 0 Å². The fourth-order valence-electron chi connectivity index (χ4n) is 3.01. The average molecular weight is 337 g/mol. The van der Waals surface area contributed by atoms with E-state index in [9.17, 15) is 9.59 Å². The summed E-state index contributed by atoms with van der Waals surface area (Å²) in [6.07, 6.45) is 1.84. The lowest BCUT2D eigenvalue weighted by molar-refractivity contribution is 0.0687. The lowest BCUT2D eigenvalue weighted by Crippen LogP contribution is -2.42. The Morgan fingerprint density at radius 1 is 1.35 bits per heavy atom. The minimum Gasteiger partial charge on any atom is -0.333 e. The predicted molar refractivity (Wildman–Crippen MR) is 92.2 cm³/mol. The molecule has 1 aliphatic rings. The van der Waals surface area contributed by atoms with Crippen molar-refractivity contribution in [1.82, 2.24) is 20.4 Å². The van der Waals surface area contributed by atoms with E-state index in [0.717, 1.165) is 25.9 Å². The number of amides is 1. The van der Waals surface area contributed by atoms with Crippen LogP contribution >= 0.6 is 12.4 Å². The molecule has 2 aromatic rings. The van der Waals surface area contributed by atoms with E-state index in [4.69, 9.17) is 0 Å². The second-order valence-electron chi connectivity index (χ2n) is 5.59. The normalized spacial score (nSPS) is 17.0. The summed E-state index contributed by atoms with van der Waals surface area (Å²) in [5, 5.41) is 10.9. The Morgan fingerprint density at radius 2 is 2.09 bits per heavy atom. The number of hydrogen-bond acceptors (Lipinski definition) is 4. The summed E-state index contributed by atoms with van der Waals surface area (Å²) in [5.74, 6) is -0.108. The second-order valence-corrected chi connectivity index (χ2v) is 5.59. The summed E-state index contributed by atoms with van der Waals surface area (Å²) in [7, 11) is 0. The fourth-order valence-corrected chi connectivity index (χ4v) is 3.01. The number of hydrogen-bond donors (Lipinski definition) is 2. The molecule has 6 nitrogen and oxygen atoms in total. The topological polar surface area (TPSA) is 78.1 Å². The van der Waals surface area contributed by atoms with Gasteiger partial charge in [0.05, 0.1) is 5.39 Å². The molecule has 1 saturated heterocycles. The van der Waals surface area contributed by atoms with E-state index in [0.29, 0.717) is 23.0 Å². The Kier molecular flexibility index (Phi) is 5.74. The Bertz CT molecular complexity index is 740. The molecule has 1 aliphatic heterocycles. The van der Waals surface area contributed by atoms with Gasteiger partial charge in [0.25, 0.3) is 11.5 Å². The van der Waals surface area contributed by atoms with Crippen LogP contribution in [0.4, 0.5) is 0 Å². The van der Waals surface area contributed by atoms with Crippen molar-refractivity contribution in [2.75, 3.05) is 19.6 Å². The van der Waals surface area contributed by atoms with E-state index in [1.807, 2.05) is 11.0 Å². The first kappa shape index (κ1) is 17.4. The number of benzene rings is 1. The van der Waals surface area contributed by atoms with Gasteiger partial charge in [-0.05, 0) is 25.5 Å². The van der Waals surface area contributed by atoms with Crippen molar-refractivity contribution < 1.29 is 4.79 Å². The molecule has 7 heteroatoms. The van der Waals surface area contributed by atoms with E-state index >= 15 is 0 Å². The van der Waals surface area contributed by atoms with Gasteiger partial charge in [-0.15, -0.1) is 12.4 Å². The summed E-state index contributed by atoms with van der Waals surface area (Å²) < 4.78 is 0. The predicted octanol–water partition coefficient (Wildman–Crippen LogP) is 1.56. The van der Waals surface area contributed by atoms with Crippen molar-refractivity contribution in [2.45, 2.75) is 25.8 Å². The highest BCUT2D eigenvalue weighted by Gasteiger charge is 2.28. The largest absolute Gasteiger partial charge is 0.333 e. The summed E-state index contributed by atoms with van der Waals surface area (Å²) in [6.45, 7) is 4.49. The molecule has 0 bridgehead atoms. The van der Waals surface area contributed by atoms with E-state index in [2.05, 4.69) is 22.4 Å². The molecule has 1 unspecified atom stereocenters. The molecule has 1 fully saturated rings. The van der Waals surface area contributed by atoms with Crippen LogP contribution in [0.25, 0.3) is 10.8 Å². The maximum atomic E-state index is 13.0. The second kappa shape index (κ2) is 7.57. The van der Waals surface area contributed by atoms with Crippen LogP contribution in [0.15, 0.2) is 29.1 Å². The summed E-state index contributed by atoms with van der Waals surface area (Å²) in [5.41, 5.74) is 0.0623. The van der Waals surface area contributed by atoms with Gasteiger partial charge in [0.1, 0.15) is 0 Å². The Morgan fingerprint density at radius 3 is 2.74 bits per heavy atom. The molecule has 1 atom stereocenters. The molecule has 2 N–H and O–H groups in total. The van der Waals surface area contributed by atoms with Gasteiger partial charge in [0.2, 0.25) is 0 Å². The molecular formula is C16H21ClN4O2. The third kappa shape index (κ3) is 3.38. The first-order valence-electron chi connectivity index (χ1n) is 7.71. The zero-order valence-electron chi connectivity index (χ0n) is 13.0. The van der Waals surface area contributed by atoms with Crippen LogP contribution in [0.5, 0.6) is 0 Å². The number of H-pyrrole nitrogens is 1. The zero-order chi connectivity index (χ0) is 15.5. The number of aromatic nitrogens is 2. The number of nitrogens with zero attached hydrogens (tertiary/aromatic N) is 2. The van der Waals surface area contributed by atoms with Crippen LogP contribution in [-0.2, 0) is 0 Å². The molecule has 0 saturated carbocycles. The van der Waals surface area contributed by atoms with Crippen LogP contribution in [0.1, 0.15) is 30.3 Å². The van der Waals surface area contributed by atoms with Gasteiger partial charge in [0.15, 0.2) is 5.69 Å². The van der Waals surface area contributed by atoms with Crippen LogP contribution in [-0.4, -0.2) is 46.7 Å². The van der Waals surface area contributed by atoms with Crippen LogP contribution in [0.2, 0.25) is 0 Å². The number of carbonyl (C=O) groups is 1. The molecular weight excluding hydrogens is 316 g/mol. The van der Waals surface area contributed by atoms with Crippen molar-refractivity contribution in [3.05, 3.63) is 40.3 Å². The van der Waals surface area contributed by atoms with Crippen LogP contribution < -0.4 is 10.9 Å². The SMILES string of the molecule is CCCN(C(=O)c1n[nH]c(=O)c2ccccc12)C1CCNC1.Cl. The first-order valence-corrected chi connectivity index (χ1v) is 7.71. The molecule has 0 aliphatic carbocycles. The van der Waals surface area contributed by atoms with Gasteiger partial charge in [-0.2, -0.15) is 5.10 Å². The molecule has 124 valence electrons. The van der Waals surface area contributed by atoms with Gasteiger partial charge < -0.3 is 10.2 Å². The lowest BCUT2D eigenvalue weighted by Gasteiger charge is -2.28. The molecule has 23 heavy (non-hydrogen) atoms. The zero-order valence-corrected chi connectivity index (χ0v) is 13.9. The first-order chi connectivity index (χ1) is 10.7. The summed E-state index contributed by atoms with van der Waals surface area (Å²) in [6, 6.07) is 7.30. The fraction of sp³-hybridized carbons (Fsp3) is 0.438. The van der Waals surface area contributed by atoms with Gasteiger partial charge in [-0.25, -0.2) is 5.10 Å². The third-order valence-corrected chi connectivity index (χ3v) is 4.10. The highest BCUT2D eigenvalue weighted by Crippen LogP contribution is 2.18. The van der Waals surface area contributed by atoms with Crippen molar-refractivity contribution in [2.24, 2.45) is 0 Å². The highest BCUT2D eigenvalue weighted by molar-refractivity contribution is 6.04. The molecule has 3 rings (SSSR count). The number of rotatable bonds is 4. The standard InChI is InChI=1S/C16H20N4O2.ClH/c1-2-9-20(11-7-8-17-10-11)16(22)14-12-5-3-4-6-13(12)15(21)19-18-14;/h3-6,11,17H,2,7-10H2,1H3,(H,19,21);1H. The molecule has 0 radical (unpaired) electrons. The Labute approximate surface area is 140 Å². The number of fused-ring (bicyclic) bond motifs is 1. The quantitative estimate of drug-likeness (QED) is 0.888. The molecule has 2 heterocycles. The van der Waals surface area contributed by atoms with Gasteiger partial charge in [-0.3, -0.25) is 9.59 Å². The molecule has 1 aromatic carbocycles. The van der Waals surface area contributed by atoms with Gasteiger partial charge in [0, 0.05) is 24.5 Å². The van der Waals surface area contributed by atoms with Gasteiger partial charge in [-0.1, -0.05) is 25.1 Å². The Hall–Kier alpha value is -1.92. The maximum Gasteiger partial charge on any atom is 0.275 e. The van der Waals surface area contributed by atoms with Crippen molar-refractivity contribution in [1.29, 1.82) is 0 Å². The van der Waals surface area contributed by atoms with Crippen molar-refractivity contribution >= 4 is 29.1 Å². The maximum absolute atomic E-state index is 13.0. The smallest absolute Gasteiger partial charge is 0.275 e. The van der Waals surface area contributed by atoms with Crippen LogP contribution in [0, 0.1) is 0 Å². The number of nitrogens with one attached hydrogen (secondary N) is 2. The third-order valence-electron chi connectivity index (χ3n) is 4.10. The Balaban J connectivity index is 0.00000192. The van der Waals surface area contributed by atoms with Crippen LogP contribution in [0.3, 0.4) is 0 Å². The highest BCUT2D eigenvalue weighted by atomic mass is 35.5. The van der Waals surface area contributed by atoms with E-state index in [-0.39, 0.29) is 29.9 Å². The van der Waals surface area contributed by atoms with Crippen molar-refractivity contribution in [3.63, 3.8) is 0 Å². The monoisotopic (exact) mass is 336 g/mol. The molecule has 1 aromatic heterocycles. The van der Waals surface area contributed by atoms with E-state index in [1.165, 1.54) is 0 Å². The number of halogens is 1. The number of aromatic amines is 1. The summed E-state index contributed by atoms with van der Waals surface area (Å²) in [4.78, 5) is 26.7. The van der Waals surface area contributed by atoms with Crippen molar-refractivity contribution in [3.8, 4) is 0 Å². The number of carbonyl (C=O) groups excluding carboxylic acids is 1. The average Bonchev–Trinajstić information content (AvgIpc) is 3.07. The summed E-state index contributed by atoms with van der Waals surface area (Å²) >= 11 is 0. The lowest BCUT2D eigenvalue weighted by atomic mass is 10.1. The molecule has 1 amide bonds. The minimum absolute atomic E-state index is 0. The molecule has 0 spiro atoms. The van der Waals surface area contributed by atoms with E-state index in [1.54, 1.807) is 18.2 Å².